The van der Waals surface area contributed by atoms with E-state index >= 15 is 0 Å². The summed E-state index contributed by atoms with van der Waals surface area (Å²) in [4.78, 5) is 11.8. The Hall–Kier alpha value is -1.88. The van der Waals surface area contributed by atoms with E-state index in [1.165, 1.54) is 12.1 Å². The number of amides is 1. The van der Waals surface area contributed by atoms with Crippen LogP contribution in [0.3, 0.4) is 0 Å². The van der Waals surface area contributed by atoms with Gasteiger partial charge >= 0.3 is 0 Å². The highest BCUT2D eigenvalue weighted by atomic mass is 79.9. The first-order chi connectivity index (χ1) is 9.06. The SMILES string of the molecule is Nc1ccc(C(=O)NCc2ccc(Br)cc2)c(F)c1. The molecule has 0 saturated carbocycles. The van der Waals surface area contributed by atoms with Crippen molar-refractivity contribution >= 4 is 27.5 Å². The second-order valence-electron chi connectivity index (χ2n) is 4.05. The predicted octanol–water partition coefficient (Wildman–Crippen LogP) is 3.10. The topological polar surface area (TPSA) is 55.1 Å². The highest BCUT2D eigenvalue weighted by Crippen LogP contribution is 2.13. The summed E-state index contributed by atoms with van der Waals surface area (Å²) < 4.78 is 14.5. The summed E-state index contributed by atoms with van der Waals surface area (Å²) >= 11 is 3.33. The molecule has 0 unspecified atom stereocenters. The number of anilines is 1. The average Bonchev–Trinajstić information content (AvgIpc) is 2.37. The first-order valence-electron chi connectivity index (χ1n) is 5.64. The third kappa shape index (κ3) is 3.54. The molecule has 0 heterocycles. The molecule has 5 heteroatoms. The van der Waals surface area contributed by atoms with Gasteiger partial charge in [0.15, 0.2) is 0 Å². The monoisotopic (exact) mass is 322 g/mol. The van der Waals surface area contributed by atoms with E-state index in [0.717, 1.165) is 16.1 Å². The summed E-state index contributed by atoms with van der Waals surface area (Å²) in [7, 11) is 0. The number of rotatable bonds is 3. The van der Waals surface area contributed by atoms with Gasteiger partial charge in [0.1, 0.15) is 5.82 Å². The molecule has 0 fully saturated rings. The lowest BCUT2D eigenvalue weighted by atomic mass is 10.1. The number of benzene rings is 2. The van der Waals surface area contributed by atoms with Crippen molar-refractivity contribution in [2.45, 2.75) is 6.54 Å². The van der Waals surface area contributed by atoms with Gasteiger partial charge in [-0.05, 0) is 35.9 Å². The molecule has 3 nitrogen and oxygen atoms in total. The van der Waals surface area contributed by atoms with Gasteiger partial charge in [-0.25, -0.2) is 4.39 Å². The highest BCUT2D eigenvalue weighted by Gasteiger charge is 2.11. The first-order valence-corrected chi connectivity index (χ1v) is 6.43. The Morgan fingerprint density at radius 3 is 2.53 bits per heavy atom. The zero-order valence-corrected chi connectivity index (χ0v) is 11.6. The van der Waals surface area contributed by atoms with Crippen molar-refractivity contribution in [1.29, 1.82) is 0 Å². The molecule has 3 N–H and O–H groups in total. The number of halogens is 2. The van der Waals surface area contributed by atoms with E-state index < -0.39 is 11.7 Å². The molecule has 2 aromatic rings. The van der Waals surface area contributed by atoms with Gasteiger partial charge in [0, 0.05) is 16.7 Å². The van der Waals surface area contributed by atoms with Crippen LogP contribution in [0.2, 0.25) is 0 Å². The molecule has 0 aliphatic heterocycles. The van der Waals surface area contributed by atoms with Crippen molar-refractivity contribution in [2.75, 3.05) is 5.73 Å². The van der Waals surface area contributed by atoms with Gasteiger partial charge in [-0.3, -0.25) is 4.79 Å². The summed E-state index contributed by atoms with van der Waals surface area (Å²) in [6, 6.07) is 11.5. The van der Waals surface area contributed by atoms with Crippen LogP contribution in [0.15, 0.2) is 46.9 Å². The number of carbonyl (C=O) groups excluding carboxylic acids is 1. The largest absolute Gasteiger partial charge is 0.399 e. The van der Waals surface area contributed by atoms with Crippen LogP contribution in [0.1, 0.15) is 15.9 Å². The normalized spacial score (nSPS) is 10.2. The number of nitrogens with two attached hydrogens (primary N) is 1. The molecule has 0 aliphatic carbocycles. The fraction of sp³-hybridized carbons (Fsp3) is 0.0714. The molecule has 0 aliphatic rings. The smallest absolute Gasteiger partial charge is 0.254 e. The second kappa shape index (κ2) is 5.84. The molecular formula is C14H12BrFN2O. The average molecular weight is 323 g/mol. The van der Waals surface area contributed by atoms with Gasteiger partial charge in [0.05, 0.1) is 5.56 Å². The summed E-state index contributed by atoms with van der Waals surface area (Å²) in [5.41, 5.74) is 6.65. The minimum absolute atomic E-state index is 0.00804. The Kier molecular flexibility index (Phi) is 4.16. The Labute approximate surface area is 118 Å². The molecule has 0 aromatic heterocycles. The molecule has 1 amide bonds. The second-order valence-corrected chi connectivity index (χ2v) is 4.96. The van der Waals surface area contributed by atoms with Crippen LogP contribution >= 0.6 is 15.9 Å². The minimum Gasteiger partial charge on any atom is -0.399 e. The zero-order valence-electron chi connectivity index (χ0n) is 9.99. The molecule has 0 saturated heterocycles. The summed E-state index contributed by atoms with van der Waals surface area (Å²) in [5.74, 6) is -1.08. The van der Waals surface area contributed by atoms with Crippen molar-refractivity contribution in [3.05, 3.63) is 63.9 Å². The van der Waals surface area contributed by atoms with Crippen molar-refractivity contribution in [3.63, 3.8) is 0 Å². The van der Waals surface area contributed by atoms with Crippen LogP contribution in [0, 0.1) is 5.82 Å². The van der Waals surface area contributed by atoms with E-state index in [-0.39, 0.29) is 5.56 Å². The molecule has 2 rings (SSSR count). The van der Waals surface area contributed by atoms with E-state index in [2.05, 4.69) is 21.2 Å². The van der Waals surface area contributed by atoms with Gasteiger partial charge in [-0.15, -0.1) is 0 Å². The van der Waals surface area contributed by atoms with Gasteiger partial charge in [0.2, 0.25) is 0 Å². The Morgan fingerprint density at radius 1 is 1.21 bits per heavy atom. The first kappa shape index (κ1) is 13.5. The van der Waals surface area contributed by atoms with Gasteiger partial charge in [0.25, 0.3) is 5.91 Å². The molecule has 19 heavy (non-hydrogen) atoms. The summed E-state index contributed by atoms with van der Waals surface area (Å²) in [5, 5.41) is 2.66. The lowest BCUT2D eigenvalue weighted by molar-refractivity contribution is 0.0947. The van der Waals surface area contributed by atoms with Gasteiger partial charge in [-0.1, -0.05) is 28.1 Å². The van der Waals surface area contributed by atoms with E-state index in [4.69, 9.17) is 5.73 Å². The summed E-state index contributed by atoms with van der Waals surface area (Å²) in [6.07, 6.45) is 0. The molecule has 0 bridgehead atoms. The van der Waals surface area contributed by atoms with Gasteiger partial charge < -0.3 is 11.1 Å². The maximum Gasteiger partial charge on any atom is 0.254 e. The number of nitrogen functional groups attached to an aromatic ring is 1. The maximum atomic E-state index is 13.5. The third-order valence-electron chi connectivity index (χ3n) is 2.60. The molecule has 98 valence electrons. The number of hydrogen-bond donors (Lipinski definition) is 2. The van der Waals surface area contributed by atoms with Crippen molar-refractivity contribution in [3.8, 4) is 0 Å². The quantitative estimate of drug-likeness (QED) is 0.853. The number of hydrogen-bond acceptors (Lipinski definition) is 2. The Bertz CT molecular complexity index is 599. The fourth-order valence-corrected chi connectivity index (χ4v) is 1.86. The van der Waals surface area contributed by atoms with Crippen LogP contribution in [-0.2, 0) is 6.54 Å². The van der Waals surface area contributed by atoms with Crippen LogP contribution in [0.4, 0.5) is 10.1 Å². The molecular weight excluding hydrogens is 311 g/mol. The van der Waals surface area contributed by atoms with E-state index in [1.54, 1.807) is 0 Å². The molecule has 0 atom stereocenters. The standard InChI is InChI=1S/C14H12BrFN2O/c15-10-3-1-9(2-4-10)8-18-14(19)12-6-5-11(17)7-13(12)16/h1-7H,8,17H2,(H,18,19). The predicted molar refractivity (Wildman–Crippen MR) is 76.1 cm³/mol. The molecule has 0 radical (unpaired) electrons. The number of carbonyl (C=O) groups is 1. The van der Waals surface area contributed by atoms with Crippen molar-refractivity contribution in [2.24, 2.45) is 0 Å². The zero-order chi connectivity index (χ0) is 13.8. The van der Waals surface area contributed by atoms with Crippen LogP contribution < -0.4 is 11.1 Å². The van der Waals surface area contributed by atoms with Crippen molar-refractivity contribution in [1.82, 2.24) is 5.32 Å². The van der Waals surface area contributed by atoms with Crippen molar-refractivity contribution < 1.29 is 9.18 Å². The minimum atomic E-state index is -0.617. The van der Waals surface area contributed by atoms with E-state index in [0.29, 0.717) is 12.2 Å². The highest BCUT2D eigenvalue weighted by molar-refractivity contribution is 9.10. The lowest BCUT2D eigenvalue weighted by Crippen LogP contribution is -2.23. The lowest BCUT2D eigenvalue weighted by Gasteiger charge is -2.07. The molecule has 0 spiro atoms. The van der Waals surface area contributed by atoms with Crippen LogP contribution in [-0.4, -0.2) is 5.91 Å². The molecule has 2 aromatic carbocycles. The Balaban J connectivity index is 2.03. The van der Waals surface area contributed by atoms with E-state index in [9.17, 15) is 9.18 Å². The van der Waals surface area contributed by atoms with Gasteiger partial charge in [-0.2, -0.15) is 0 Å². The fourth-order valence-electron chi connectivity index (χ4n) is 1.60. The number of nitrogens with one attached hydrogen (secondary N) is 1. The third-order valence-corrected chi connectivity index (χ3v) is 3.13. The van der Waals surface area contributed by atoms with Crippen LogP contribution in [0.5, 0.6) is 0 Å². The van der Waals surface area contributed by atoms with E-state index in [1.807, 2.05) is 24.3 Å². The maximum absolute atomic E-state index is 13.5. The summed E-state index contributed by atoms with van der Waals surface area (Å²) in [6.45, 7) is 0.343. The van der Waals surface area contributed by atoms with Crippen LogP contribution in [0.25, 0.3) is 0 Å². The Morgan fingerprint density at radius 2 is 1.89 bits per heavy atom.